The minimum absolute atomic E-state index is 0.0319. The van der Waals surface area contributed by atoms with E-state index >= 15 is 0 Å². The summed E-state index contributed by atoms with van der Waals surface area (Å²) in [7, 11) is 1.23. The number of nitrogens with zero attached hydrogens (tertiary/aromatic N) is 1. The molecule has 0 bridgehead atoms. The summed E-state index contributed by atoms with van der Waals surface area (Å²) in [5.41, 5.74) is -1.01. The largest absolute Gasteiger partial charge is 0.469 e. The normalized spacial score (nSPS) is 11.3. The first-order chi connectivity index (χ1) is 9.29. The number of carbonyl (C=O) groups is 1. The van der Waals surface area contributed by atoms with E-state index in [1.54, 1.807) is 6.92 Å². The first-order valence-corrected chi connectivity index (χ1v) is 5.98. The zero-order valence-electron chi connectivity index (χ0n) is 11.1. The number of hydrogen-bond acceptors (Lipinski definition) is 3. The monoisotopic (exact) mass is 293 g/mol. The summed E-state index contributed by atoms with van der Waals surface area (Å²) in [6.07, 6.45) is -4.55. The second kappa shape index (κ2) is 6.58. The van der Waals surface area contributed by atoms with Crippen LogP contribution in [0, 0.1) is 5.82 Å². The van der Waals surface area contributed by atoms with Crippen molar-refractivity contribution in [1.82, 2.24) is 0 Å². The molecule has 0 heterocycles. The molecule has 0 atom stereocenters. The van der Waals surface area contributed by atoms with Gasteiger partial charge in [-0.05, 0) is 25.1 Å². The Labute approximate surface area is 114 Å². The van der Waals surface area contributed by atoms with Crippen LogP contribution in [0.3, 0.4) is 0 Å². The summed E-state index contributed by atoms with van der Waals surface area (Å²) in [5.74, 6) is -1.43. The molecule has 1 aromatic rings. The number of esters is 1. The van der Waals surface area contributed by atoms with Gasteiger partial charge in [-0.3, -0.25) is 4.79 Å². The van der Waals surface area contributed by atoms with Gasteiger partial charge in [-0.1, -0.05) is 0 Å². The van der Waals surface area contributed by atoms with Crippen LogP contribution in [0.2, 0.25) is 0 Å². The van der Waals surface area contributed by atoms with Crippen molar-refractivity contribution in [2.75, 3.05) is 25.1 Å². The van der Waals surface area contributed by atoms with Crippen molar-refractivity contribution in [1.29, 1.82) is 0 Å². The van der Waals surface area contributed by atoms with Crippen LogP contribution in [0.1, 0.15) is 18.9 Å². The summed E-state index contributed by atoms with van der Waals surface area (Å²) < 4.78 is 55.6. The molecule has 0 aliphatic heterocycles. The van der Waals surface area contributed by atoms with Crippen LogP contribution in [0.25, 0.3) is 0 Å². The first-order valence-electron chi connectivity index (χ1n) is 5.98. The number of alkyl halides is 3. The zero-order valence-corrected chi connectivity index (χ0v) is 11.1. The molecule has 0 unspecified atom stereocenters. The van der Waals surface area contributed by atoms with E-state index in [9.17, 15) is 22.4 Å². The molecular formula is C13H15F4NO2. The molecule has 7 heteroatoms. The predicted octanol–water partition coefficient (Wildman–Crippen LogP) is 3.23. The minimum Gasteiger partial charge on any atom is -0.469 e. The summed E-state index contributed by atoms with van der Waals surface area (Å²) >= 11 is 0. The van der Waals surface area contributed by atoms with E-state index < -0.39 is 23.5 Å². The fourth-order valence-corrected chi connectivity index (χ4v) is 1.72. The van der Waals surface area contributed by atoms with E-state index in [-0.39, 0.29) is 18.7 Å². The third-order valence-corrected chi connectivity index (χ3v) is 2.81. The predicted molar refractivity (Wildman–Crippen MR) is 65.9 cm³/mol. The number of carbonyl (C=O) groups excluding carboxylic acids is 1. The van der Waals surface area contributed by atoms with E-state index in [1.165, 1.54) is 12.0 Å². The Bertz CT molecular complexity index is 474. The average molecular weight is 293 g/mol. The number of methoxy groups -OCH3 is 1. The van der Waals surface area contributed by atoms with Crippen molar-refractivity contribution in [2.45, 2.75) is 19.5 Å². The van der Waals surface area contributed by atoms with Crippen LogP contribution in [0.4, 0.5) is 23.2 Å². The van der Waals surface area contributed by atoms with Crippen LogP contribution in [-0.4, -0.2) is 26.2 Å². The smallest absolute Gasteiger partial charge is 0.416 e. The number of halogens is 4. The third-order valence-electron chi connectivity index (χ3n) is 2.81. The Hall–Kier alpha value is -1.79. The molecule has 20 heavy (non-hydrogen) atoms. The maximum Gasteiger partial charge on any atom is 0.416 e. The lowest BCUT2D eigenvalue weighted by atomic mass is 10.1. The standard InChI is InChI=1S/C13H15F4NO2/c1-3-18(7-6-12(19)20-2)11-5-4-9(8-10(11)14)13(15,16)17/h4-5,8H,3,6-7H2,1-2H3. The lowest BCUT2D eigenvalue weighted by Gasteiger charge is -2.23. The SMILES string of the molecule is CCN(CCC(=O)OC)c1ccc(C(F)(F)F)cc1F. The molecule has 1 rings (SSSR count). The van der Waals surface area contributed by atoms with Gasteiger partial charge in [0.25, 0.3) is 0 Å². The quantitative estimate of drug-likeness (QED) is 0.616. The molecule has 0 aliphatic rings. The third kappa shape index (κ3) is 4.11. The van der Waals surface area contributed by atoms with Gasteiger partial charge in [-0.25, -0.2) is 4.39 Å². The maximum absolute atomic E-state index is 13.8. The van der Waals surface area contributed by atoms with Crippen molar-refractivity contribution in [3.63, 3.8) is 0 Å². The number of anilines is 1. The van der Waals surface area contributed by atoms with Gasteiger partial charge in [-0.15, -0.1) is 0 Å². The molecule has 0 fully saturated rings. The molecule has 112 valence electrons. The second-order valence-corrected chi connectivity index (χ2v) is 4.07. The van der Waals surface area contributed by atoms with E-state index in [2.05, 4.69) is 4.74 Å². The molecule has 3 nitrogen and oxygen atoms in total. The van der Waals surface area contributed by atoms with Crippen LogP contribution in [0.15, 0.2) is 18.2 Å². The van der Waals surface area contributed by atoms with E-state index in [1.807, 2.05) is 0 Å². The molecule has 0 spiro atoms. The van der Waals surface area contributed by atoms with E-state index in [0.717, 1.165) is 12.1 Å². The Kier molecular flexibility index (Phi) is 5.35. The minimum atomic E-state index is -4.58. The Balaban J connectivity index is 2.91. The summed E-state index contributed by atoms with van der Waals surface area (Å²) in [4.78, 5) is 12.5. The number of ether oxygens (including phenoxy) is 1. The molecule has 0 aromatic heterocycles. The molecule has 0 N–H and O–H groups in total. The molecule has 0 saturated heterocycles. The number of hydrogen-bond donors (Lipinski definition) is 0. The lowest BCUT2D eigenvalue weighted by Crippen LogP contribution is -2.27. The number of benzene rings is 1. The van der Waals surface area contributed by atoms with Crippen molar-refractivity contribution in [2.24, 2.45) is 0 Å². The molecule has 0 aliphatic carbocycles. The van der Waals surface area contributed by atoms with Gasteiger partial charge >= 0.3 is 12.1 Å². The molecule has 0 radical (unpaired) electrons. The second-order valence-electron chi connectivity index (χ2n) is 4.07. The summed E-state index contributed by atoms with van der Waals surface area (Å²) in [6.45, 7) is 2.25. The maximum atomic E-state index is 13.8. The topological polar surface area (TPSA) is 29.5 Å². The first kappa shape index (κ1) is 16.3. The van der Waals surface area contributed by atoms with E-state index in [4.69, 9.17) is 0 Å². The highest BCUT2D eigenvalue weighted by Crippen LogP contribution is 2.32. The molecule has 1 aromatic carbocycles. The van der Waals surface area contributed by atoms with Crippen LogP contribution in [-0.2, 0) is 15.7 Å². The average Bonchev–Trinajstić information content (AvgIpc) is 2.39. The summed E-state index contributed by atoms with van der Waals surface area (Å²) in [5, 5.41) is 0. The van der Waals surface area contributed by atoms with Crippen molar-refractivity contribution in [3.8, 4) is 0 Å². The van der Waals surface area contributed by atoms with Crippen molar-refractivity contribution >= 4 is 11.7 Å². The van der Waals surface area contributed by atoms with Gasteiger partial charge in [0.2, 0.25) is 0 Å². The highest BCUT2D eigenvalue weighted by Gasteiger charge is 2.31. The Morgan fingerprint density at radius 3 is 2.45 bits per heavy atom. The highest BCUT2D eigenvalue weighted by molar-refractivity contribution is 5.70. The number of rotatable bonds is 5. The Morgan fingerprint density at radius 2 is 2.00 bits per heavy atom. The lowest BCUT2D eigenvalue weighted by molar-refractivity contribution is -0.140. The fraction of sp³-hybridized carbons (Fsp3) is 0.462. The highest BCUT2D eigenvalue weighted by atomic mass is 19.4. The zero-order chi connectivity index (χ0) is 15.3. The Morgan fingerprint density at radius 1 is 1.35 bits per heavy atom. The fourth-order valence-electron chi connectivity index (χ4n) is 1.72. The van der Waals surface area contributed by atoms with Crippen LogP contribution < -0.4 is 4.90 Å². The van der Waals surface area contributed by atoms with Crippen LogP contribution >= 0.6 is 0 Å². The van der Waals surface area contributed by atoms with Crippen molar-refractivity contribution in [3.05, 3.63) is 29.6 Å². The van der Waals surface area contributed by atoms with Gasteiger partial charge in [0.1, 0.15) is 5.82 Å². The molecule has 0 saturated carbocycles. The van der Waals surface area contributed by atoms with Gasteiger partial charge in [0.05, 0.1) is 24.8 Å². The van der Waals surface area contributed by atoms with Crippen molar-refractivity contribution < 1.29 is 27.1 Å². The van der Waals surface area contributed by atoms with Crippen LogP contribution in [0.5, 0.6) is 0 Å². The summed E-state index contributed by atoms with van der Waals surface area (Å²) in [6, 6.07) is 2.34. The molecule has 0 amide bonds. The van der Waals surface area contributed by atoms with Gasteiger partial charge in [0.15, 0.2) is 0 Å². The van der Waals surface area contributed by atoms with E-state index in [0.29, 0.717) is 12.6 Å². The van der Waals surface area contributed by atoms with Gasteiger partial charge < -0.3 is 9.64 Å². The van der Waals surface area contributed by atoms with Gasteiger partial charge in [-0.2, -0.15) is 13.2 Å². The van der Waals surface area contributed by atoms with Gasteiger partial charge in [0, 0.05) is 13.1 Å². The molecular weight excluding hydrogens is 278 g/mol.